The predicted octanol–water partition coefficient (Wildman–Crippen LogP) is 0.226. The van der Waals surface area contributed by atoms with Crippen molar-refractivity contribution in [2.75, 3.05) is 13.2 Å². The fourth-order valence-corrected chi connectivity index (χ4v) is 2.26. The molecule has 8 nitrogen and oxygen atoms in total. The van der Waals surface area contributed by atoms with Crippen LogP contribution in [0, 0.1) is 5.92 Å². The Hall–Kier alpha value is -1.93. The van der Waals surface area contributed by atoms with E-state index in [0.29, 0.717) is 11.3 Å². The van der Waals surface area contributed by atoms with Gasteiger partial charge >= 0.3 is 6.16 Å². The minimum Gasteiger partial charge on any atom is -0.492 e. The van der Waals surface area contributed by atoms with Crippen molar-refractivity contribution >= 4 is 6.16 Å². The highest BCUT2D eigenvalue weighted by Gasteiger charge is 2.44. The van der Waals surface area contributed by atoms with Gasteiger partial charge in [-0.25, -0.2) is 4.79 Å². The number of carbonyl (C=O) groups excluding carboxylic acids is 1. The lowest BCUT2D eigenvalue weighted by molar-refractivity contribution is -0.0908. The Morgan fingerprint density at radius 1 is 1.32 bits per heavy atom. The van der Waals surface area contributed by atoms with Gasteiger partial charge in [0.15, 0.2) is 6.29 Å². The lowest BCUT2D eigenvalue weighted by Gasteiger charge is -2.15. The maximum absolute atomic E-state index is 11.6. The average Bonchev–Trinajstić information content (AvgIpc) is 3.03. The summed E-state index contributed by atoms with van der Waals surface area (Å²) < 4.78 is 16.3. The first-order valence-corrected chi connectivity index (χ1v) is 5.87. The molecule has 0 bridgehead atoms. The Kier molecular flexibility index (Phi) is 2.96. The maximum Gasteiger partial charge on any atom is 0.534 e. The molecular weight excluding hydrogens is 258 g/mol. The first kappa shape index (κ1) is 12.1. The van der Waals surface area contributed by atoms with Crippen LogP contribution in [0.3, 0.4) is 0 Å². The zero-order valence-corrected chi connectivity index (χ0v) is 9.89. The summed E-state index contributed by atoms with van der Waals surface area (Å²) in [5.74, 6) is -0.808. The van der Waals surface area contributed by atoms with Crippen molar-refractivity contribution in [1.29, 1.82) is 0 Å². The smallest absolute Gasteiger partial charge is 0.492 e. The van der Waals surface area contributed by atoms with Gasteiger partial charge in [0.1, 0.15) is 6.10 Å². The SMILES string of the molecule is O=C(O[C@H]1COC2OCCC21)On1c(O)ccc1O. The molecule has 3 heterocycles. The topological polar surface area (TPSA) is 99.4 Å². The molecular formula is C11H13NO7. The van der Waals surface area contributed by atoms with Crippen LogP contribution < -0.4 is 4.84 Å². The zero-order valence-electron chi connectivity index (χ0n) is 9.89. The summed E-state index contributed by atoms with van der Waals surface area (Å²) in [5.41, 5.74) is 0. The van der Waals surface area contributed by atoms with Gasteiger partial charge in [-0.1, -0.05) is 0 Å². The van der Waals surface area contributed by atoms with Crippen LogP contribution in [-0.2, 0) is 14.2 Å². The zero-order chi connectivity index (χ0) is 13.4. The van der Waals surface area contributed by atoms with E-state index in [1.165, 1.54) is 12.1 Å². The molecule has 2 fully saturated rings. The monoisotopic (exact) mass is 271 g/mol. The van der Waals surface area contributed by atoms with Crippen LogP contribution in [0.4, 0.5) is 4.79 Å². The molecule has 2 aliphatic rings. The first-order valence-electron chi connectivity index (χ1n) is 5.87. The lowest BCUT2D eigenvalue weighted by atomic mass is 10.0. The number of fused-ring (bicyclic) bond motifs is 1. The van der Waals surface area contributed by atoms with Gasteiger partial charge in [-0.15, -0.1) is 4.73 Å². The molecule has 3 atom stereocenters. The van der Waals surface area contributed by atoms with Crippen molar-refractivity contribution in [1.82, 2.24) is 4.73 Å². The molecule has 1 aromatic rings. The van der Waals surface area contributed by atoms with Gasteiger partial charge in [-0.2, -0.15) is 0 Å². The minimum atomic E-state index is -1.03. The van der Waals surface area contributed by atoms with Gasteiger partial charge in [0, 0.05) is 12.1 Å². The van der Waals surface area contributed by atoms with Gasteiger partial charge in [0.25, 0.3) is 0 Å². The van der Waals surface area contributed by atoms with Gasteiger partial charge in [-0.05, 0) is 6.42 Å². The molecule has 1 aromatic heterocycles. The summed E-state index contributed by atoms with van der Waals surface area (Å²) >= 11 is 0. The first-order chi connectivity index (χ1) is 9.15. The predicted molar refractivity (Wildman–Crippen MR) is 58.4 cm³/mol. The van der Waals surface area contributed by atoms with Crippen molar-refractivity contribution in [3.05, 3.63) is 12.1 Å². The Morgan fingerprint density at radius 2 is 2.05 bits per heavy atom. The van der Waals surface area contributed by atoms with Crippen LogP contribution >= 0.6 is 0 Å². The van der Waals surface area contributed by atoms with Gasteiger partial charge in [-0.3, -0.25) is 4.84 Å². The summed E-state index contributed by atoms with van der Waals surface area (Å²) in [7, 11) is 0. The van der Waals surface area contributed by atoms with Crippen LogP contribution in [0.25, 0.3) is 0 Å². The molecule has 0 spiro atoms. The minimum absolute atomic E-state index is 0.000550. The molecule has 3 rings (SSSR count). The van der Waals surface area contributed by atoms with Crippen LogP contribution in [0.2, 0.25) is 0 Å². The number of carbonyl (C=O) groups is 1. The van der Waals surface area contributed by atoms with E-state index >= 15 is 0 Å². The molecule has 19 heavy (non-hydrogen) atoms. The van der Waals surface area contributed by atoms with Gasteiger partial charge in [0.05, 0.1) is 19.1 Å². The summed E-state index contributed by atoms with van der Waals surface area (Å²) in [6, 6.07) is 2.37. The third kappa shape index (κ3) is 2.20. The number of aromatic nitrogens is 1. The highest BCUT2D eigenvalue weighted by Crippen LogP contribution is 2.33. The number of rotatable bonds is 2. The Labute approximate surface area is 108 Å². The average molecular weight is 271 g/mol. The van der Waals surface area contributed by atoms with Crippen molar-refractivity contribution < 1.29 is 34.1 Å². The lowest BCUT2D eigenvalue weighted by Crippen LogP contribution is -2.30. The maximum atomic E-state index is 11.6. The highest BCUT2D eigenvalue weighted by molar-refractivity contribution is 5.61. The Morgan fingerprint density at radius 3 is 2.79 bits per heavy atom. The van der Waals surface area contributed by atoms with E-state index in [9.17, 15) is 15.0 Å². The summed E-state index contributed by atoms with van der Waals surface area (Å²) in [6.07, 6.45) is -1.04. The molecule has 0 aromatic carbocycles. The fourth-order valence-electron chi connectivity index (χ4n) is 2.26. The second-order valence-corrected chi connectivity index (χ2v) is 4.37. The van der Waals surface area contributed by atoms with E-state index in [0.717, 1.165) is 6.42 Å². The molecule has 8 heteroatoms. The van der Waals surface area contributed by atoms with E-state index < -0.39 is 24.0 Å². The largest absolute Gasteiger partial charge is 0.534 e. The summed E-state index contributed by atoms with van der Waals surface area (Å²) in [4.78, 5) is 16.3. The van der Waals surface area contributed by atoms with Crippen molar-refractivity contribution in [3.8, 4) is 11.8 Å². The second-order valence-electron chi connectivity index (χ2n) is 4.37. The fraction of sp³-hybridized carbons (Fsp3) is 0.545. The van der Waals surface area contributed by atoms with Crippen LogP contribution in [0.5, 0.6) is 11.8 Å². The third-order valence-electron chi connectivity index (χ3n) is 3.20. The molecule has 0 radical (unpaired) electrons. The third-order valence-corrected chi connectivity index (χ3v) is 3.20. The van der Waals surface area contributed by atoms with Crippen LogP contribution in [0.1, 0.15) is 6.42 Å². The number of hydrogen-bond donors (Lipinski definition) is 2. The number of aromatic hydroxyl groups is 2. The van der Waals surface area contributed by atoms with Gasteiger partial charge in [0.2, 0.25) is 11.8 Å². The summed E-state index contributed by atoms with van der Waals surface area (Å²) in [6.45, 7) is 0.817. The van der Waals surface area contributed by atoms with E-state index in [-0.39, 0.29) is 18.8 Å². The van der Waals surface area contributed by atoms with Gasteiger partial charge < -0.3 is 24.4 Å². The highest BCUT2D eigenvalue weighted by atomic mass is 16.8. The molecule has 0 aliphatic carbocycles. The molecule has 2 unspecified atom stereocenters. The van der Waals surface area contributed by atoms with E-state index in [2.05, 4.69) is 4.84 Å². The quantitative estimate of drug-likeness (QED) is 0.742. The van der Waals surface area contributed by atoms with Crippen LogP contribution in [0.15, 0.2) is 12.1 Å². The van der Waals surface area contributed by atoms with Crippen molar-refractivity contribution in [2.45, 2.75) is 18.8 Å². The van der Waals surface area contributed by atoms with Crippen molar-refractivity contribution in [2.24, 2.45) is 5.92 Å². The molecule has 104 valence electrons. The van der Waals surface area contributed by atoms with E-state index in [1.54, 1.807) is 0 Å². The standard InChI is InChI=1S/C11H13NO7/c13-8-1-2-9(14)12(8)19-11(15)18-7-5-17-10-6(7)3-4-16-10/h1-2,6-7,10,13-14H,3-5H2/t6?,7-,10?/m0/s1. The van der Waals surface area contributed by atoms with E-state index in [1.807, 2.05) is 0 Å². The number of ether oxygens (including phenoxy) is 3. The Bertz CT molecular complexity index is 466. The molecule has 0 saturated carbocycles. The second kappa shape index (κ2) is 4.63. The number of nitrogens with zero attached hydrogens (tertiary/aromatic N) is 1. The van der Waals surface area contributed by atoms with Crippen molar-refractivity contribution in [3.63, 3.8) is 0 Å². The summed E-state index contributed by atoms with van der Waals surface area (Å²) in [5, 5.41) is 18.6. The van der Waals surface area contributed by atoms with E-state index in [4.69, 9.17) is 14.2 Å². The normalized spacial score (nSPS) is 29.2. The molecule has 2 N–H and O–H groups in total. The molecule has 0 amide bonds. The molecule has 2 aliphatic heterocycles. The Balaban J connectivity index is 1.60. The molecule has 2 saturated heterocycles. The number of hydrogen-bond acceptors (Lipinski definition) is 7. The van der Waals surface area contributed by atoms with Crippen LogP contribution in [-0.4, -0.2) is 46.7 Å².